The maximum atomic E-state index is 6.13. The standard InChI is InChI=1S/C12H17BrClN3O/c1-18-8-9-10(13)11(14)16-12(15-9)17-6-4-2-3-5-7-17/h2-8H2,1H3. The minimum absolute atomic E-state index is 0.434. The maximum absolute atomic E-state index is 6.13. The van der Waals surface area contributed by atoms with Crippen LogP contribution < -0.4 is 4.90 Å². The summed E-state index contributed by atoms with van der Waals surface area (Å²) in [6.07, 6.45) is 4.95. The molecule has 4 nitrogen and oxygen atoms in total. The van der Waals surface area contributed by atoms with Gasteiger partial charge in [0.15, 0.2) is 0 Å². The van der Waals surface area contributed by atoms with Crippen LogP contribution in [0.1, 0.15) is 31.4 Å². The summed E-state index contributed by atoms with van der Waals surface area (Å²) >= 11 is 9.53. The van der Waals surface area contributed by atoms with E-state index in [0.29, 0.717) is 11.8 Å². The highest BCUT2D eigenvalue weighted by Crippen LogP contribution is 2.27. The van der Waals surface area contributed by atoms with Gasteiger partial charge in [-0.3, -0.25) is 0 Å². The first kappa shape index (κ1) is 14.0. The first-order chi connectivity index (χ1) is 8.72. The van der Waals surface area contributed by atoms with E-state index >= 15 is 0 Å². The molecule has 1 aromatic rings. The van der Waals surface area contributed by atoms with Gasteiger partial charge >= 0.3 is 0 Å². The monoisotopic (exact) mass is 333 g/mol. The molecule has 1 aliphatic heterocycles. The van der Waals surface area contributed by atoms with Crippen molar-refractivity contribution in [1.82, 2.24) is 9.97 Å². The molecule has 0 bridgehead atoms. The van der Waals surface area contributed by atoms with Crippen LogP contribution in [-0.4, -0.2) is 30.2 Å². The molecule has 2 heterocycles. The number of rotatable bonds is 3. The van der Waals surface area contributed by atoms with Crippen LogP contribution in [0, 0.1) is 0 Å². The molecule has 2 rings (SSSR count). The van der Waals surface area contributed by atoms with Crippen LogP contribution in [0.5, 0.6) is 0 Å². The second kappa shape index (κ2) is 6.68. The fourth-order valence-electron chi connectivity index (χ4n) is 2.10. The minimum atomic E-state index is 0.434. The van der Waals surface area contributed by atoms with E-state index in [1.54, 1.807) is 7.11 Å². The Morgan fingerprint density at radius 3 is 2.50 bits per heavy atom. The van der Waals surface area contributed by atoms with Crippen molar-refractivity contribution in [2.75, 3.05) is 25.1 Å². The molecule has 0 radical (unpaired) electrons. The van der Waals surface area contributed by atoms with Gasteiger partial charge in [-0.15, -0.1) is 0 Å². The summed E-state index contributed by atoms with van der Waals surface area (Å²) in [6, 6.07) is 0. The Kier molecular flexibility index (Phi) is 5.21. The summed E-state index contributed by atoms with van der Waals surface area (Å²) in [6.45, 7) is 2.44. The van der Waals surface area contributed by atoms with E-state index in [2.05, 4.69) is 30.8 Å². The summed E-state index contributed by atoms with van der Waals surface area (Å²) < 4.78 is 5.86. The Hall–Kier alpha value is -0.390. The van der Waals surface area contributed by atoms with Crippen molar-refractivity contribution >= 4 is 33.5 Å². The predicted molar refractivity (Wildman–Crippen MR) is 76.1 cm³/mol. The lowest BCUT2D eigenvalue weighted by atomic mass is 10.2. The summed E-state index contributed by atoms with van der Waals surface area (Å²) in [5, 5.41) is 0.455. The number of aromatic nitrogens is 2. The molecule has 1 aliphatic rings. The third kappa shape index (κ3) is 3.33. The van der Waals surface area contributed by atoms with Gasteiger partial charge in [0.2, 0.25) is 5.95 Å². The van der Waals surface area contributed by atoms with Crippen molar-refractivity contribution in [3.63, 3.8) is 0 Å². The Bertz CT molecular complexity index is 409. The van der Waals surface area contributed by atoms with E-state index in [0.717, 1.165) is 29.2 Å². The average molecular weight is 335 g/mol. The SMILES string of the molecule is COCc1nc(N2CCCCCC2)nc(Cl)c1Br. The van der Waals surface area contributed by atoms with Crippen LogP contribution in [0.2, 0.25) is 5.15 Å². The van der Waals surface area contributed by atoms with E-state index in [1.165, 1.54) is 25.7 Å². The number of ether oxygens (including phenoxy) is 1. The molecule has 0 aromatic carbocycles. The highest BCUT2D eigenvalue weighted by Gasteiger charge is 2.16. The van der Waals surface area contributed by atoms with Crippen LogP contribution in [0.15, 0.2) is 4.47 Å². The molecule has 0 aliphatic carbocycles. The van der Waals surface area contributed by atoms with Gasteiger partial charge in [-0.25, -0.2) is 4.98 Å². The van der Waals surface area contributed by atoms with Crippen molar-refractivity contribution < 1.29 is 4.74 Å². The van der Waals surface area contributed by atoms with Crippen molar-refractivity contribution in [3.8, 4) is 0 Å². The summed E-state index contributed by atoms with van der Waals surface area (Å²) in [7, 11) is 1.65. The Morgan fingerprint density at radius 1 is 1.22 bits per heavy atom. The van der Waals surface area contributed by atoms with Gasteiger partial charge in [0.1, 0.15) is 5.15 Å². The second-order valence-corrected chi connectivity index (χ2v) is 5.56. The van der Waals surface area contributed by atoms with Crippen molar-refractivity contribution in [1.29, 1.82) is 0 Å². The third-order valence-electron chi connectivity index (χ3n) is 3.04. The highest BCUT2D eigenvalue weighted by molar-refractivity contribution is 9.10. The number of nitrogens with zero attached hydrogens (tertiary/aromatic N) is 3. The normalized spacial score (nSPS) is 16.7. The number of hydrogen-bond acceptors (Lipinski definition) is 4. The Morgan fingerprint density at radius 2 is 1.89 bits per heavy atom. The lowest BCUT2D eigenvalue weighted by molar-refractivity contribution is 0.181. The molecule has 0 saturated carbocycles. The van der Waals surface area contributed by atoms with Crippen LogP contribution >= 0.6 is 27.5 Å². The zero-order valence-corrected chi connectivity index (χ0v) is 12.8. The minimum Gasteiger partial charge on any atom is -0.378 e. The van der Waals surface area contributed by atoms with Crippen LogP contribution in [0.4, 0.5) is 5.95 Å². The molecule has 0 amide bonds. The largest absolute Gasteiger partial charge is 0.378 e. The smallest absolute Gasteiger partial charge is 0.227 e. The molecule has 0 spiro atoms. The van der Waals surface area contributed by atoms with Gasteiger partial charge in [-0.1, -0.05) is 24.4 Å². The van der Waals surface area contributed by atoms with Gasteiger partial charge in [-0.05, 0) is 28.8 Å². The van der Waals surface area contributed by atoms with Crippen LogP contribution in [0.3, 0.4) is 0 Å². The summed E-state index contributed by atoms with van der Waals surface area (Å²) in [5.41, 5.74) is 0.803. The molecule has 1 fully saturated rings. The molecule has 18 heavy (non-hydrogen) atoms. The number of hydrogen-bond donors (Lipinski definition) is 0. The molecule has 0 unspecified atom stereocenters. The zero-order valence-electron chi connectivity index (χ0n) is 10.5. The van der Waals surface area contributed by atoms with E-state index < -0.39 is 0 Å². The van der Waals surface area contributed by atoms with E-state index in [9.17, 15) is 0 Å². The Labute approximate surface area is 121 Å². The average Bonchev–Trinajstić information content (AvgIpc) is 2.63. The molecule has 0 N–H and O–H groups in total. The molecule has 1 saturated heterocycles. The lowest BCUT2D eigenvalue weighted by Gasteiger charge is -2.21. The van der Waals surface area contributed by atoms with Gasteiger partial charge in [0, 0.05) is 20.2 Å². The molecule has 6 heteroatoms. The number of halogens is 2. The van der Waals surface area contributed by atoms with Crippen molar-refractivity contribution in [2.24, 2.45) is 0 Å². The van der Waals surface area contributed by atoms with Crippen molar-refractivity contribution in [3.05, 3.63) is 15.3 Å². The summed E-state index contributed by atoms with van der Waals surface area (Å²) in [4.78, 5) is 11.1. The maximum Gasteiger partial charge on any atom is 0.227 e. The van der Waals surface area contributed by atoms with Gasteiger partial charge in [0.25, 0.3) is 0 Å². The predicted octanol–water partition coefficient (Wildman–Crippen LogP) is 3.42. The quantitative estimate of drug-likeness (QED) is 0.794. The molecule has 100 valence electrons. The van der Waals surface area contributed by atoms with Crippen molar-refractivity contribution in [2.45, 2.75) is 32.3 Å². The third-order valence-corrected chi connectivity index (χ3v) is 4.37. The molecule has 1 aromatic heterocycles. The highest BCUT2D eigenvalue weighted by atomic mass is 79.9. The van der Waals surface area contributed by atoms with Gasteiger partial charge in [0.05, 0.1) is 16.8 Å². The second-order valence-electron chi connectivity index (χ2n) is 4.41. The fourth-order valence-corrected chi connectivity index (χ4v) is 2.57. The van der Waals surface area contributed by atoms with Gasteiger partial charge in [-0.2, -0.15) is 4.98 Å². The first-order valence-electron chi connectivity index (χ1n) is 6.18. The molecular formula is C12H17BrClN3O. The van der Waals surface area contributed by atoms with E-state index in [1.807, 2.05) is 0 Å². The van der Waals surface area contributed by atoms with E-state index in [-0.39, 0.29) is 0 Å². The number of methoxy groups -OCH3 is 1. The Balaban J connectivity index is 2.26. The lowest BCUT2D eigenvalue weighted by Crippen LogP contribution is -2.26. The van der Waals surface area contributed by atoms with Crippen LogP contribution in [-0.2, 0) is 11.3 Å². The number of anilines is 1. The fraction of sp³-hybridized carbons (Fsp3) is 0.667. The van der Waals surface area contributed by atoms with Gasteiger partial charge < -0.3 is 9.64 Å². The van der Waals surface area contributed by atoms with Crippen LogP contribution in [0.25, 0.3) is 0 Å². The molecule has 0 atom stereocenters. The topological polar surface area (TPSA) is 38.2 Å². The first-order valence-corrected chi connectivity index (χ1v) is 7.35. The summed E-state index contributed by atoms with van der Waals surface area (Å²) in [5.74, 6) is 0.720. The van der Waals surface area contributed by atoms with E-state index in [4.69, 9.17) is 16.3 Å². The molecular weight excluding hydrogens is 318 g/mol. The zero-order chi connectivity index (χ0) is 13.0.